The third-order valence-electron chi connectivity index (χ3n) is 2.66. The summed E-state index contributed by atoms with van der Waals surface area (Å²) >= 11 is 0. The van der Waals surface area contributed by atoms with Gasteiger partial charge in [-0.15, -0.1) is 0 Å². The molecule has 1 aliphatic rings. The van der Waals surface area contributed by atoms with E-state index in [9.17, 15) is 4.79 Å². The quantitative estimate of drug-likeness (QED) is 0.700. The highest BCUT2D eigenvalue weighted by Gasteiger charge is 2.23. The lowest BCUT2D eigenvalue weighted by Crippen LogP contribution is -2.41. The fourth-order valence-corrected chi connectivity index (χ4v) is 1.89. The van der Waals surface area contributed by atoms with Gasteiger partial charge in [0.15, 0.2) is 0 Å². The van der Waals surface area contributed by atoms with Crippen LogP contribution in [0.25, 0.3) is 0 Å². The van der Waals surface area contributed by atoms with Crippen molar-refractivity contribution in [3.8, 4) is 6.07 Å². The molecule has 4 nitrogen and oxygen atoms in total. The second-order valence-corrected chi connectivity index (χ2v) is 3.84. The molecule has 4 heteroatoms. The fraction of sp³-hybridized carbons (Fsp3) is 0.818. The number of ether oxygens (including phenoxy) is 1. The normalized spacial score (nSPS) is 21.1. The van der Waals surface area contributed by atoms with E-state index in [0.717, 1.165) is 39.1 Å². The molecule has 15 heavy (non-hydrogen) atoms. The number of hydrogen-bond acceptors (Lipinski definition) is 3. The summed E-state index contributed by atoms with van der Waals surface area (Å²) in [6, 6.07) is 1.90. The molecule has 1 atom stereocenters. The van der Waals surface area contributed by atoms with Gasteiger partial charge in [-0.3, -0.25) is 4.79 Å². The van der Waals surface area contributed by atoms with Crippen LogP contribution in [-0.4, -0.2) is 37.1 Å². The number of rotatable bonds is 4. The second kappa shape index (κ2) is 6.41. The highest BCUT2D eigenvalue weighted by Crippen LogP contribution is 2.17. The average molecular weight is 210 g/mol. The van der Waals surface area contributed by atoms with E-state index < -0.39 is 0 Å². The van der Waals surface area contributed by atoms with Crippen LogP contribution in [0.15, 0.2) is 0 Å². The monoisotopic (exact) mass is 210 g/mol. The summed E-state index contributed by atoms with van der Waals surface area (Å²) in [6.07, 6.45) is 2.15. The molecule has 0 N–H and O–H groups in total. The van der Waals surface area contributed by atoms with Gasteiger partial charge in [0, 0.05) is 19.7 Å². The van der Waals surface area contributed by atoms with E-state index in [4.69, 9.17) is 10.00 Å². The lowest BCUT2D eigenvalue weighted by atomic mass is 9.99. The molecule has 1 saturated heterocycles. The van der Waals surface area contributed by atoms with Gasteiger partial charge in [0.05, 0.1) is 12.7 Å². The largest absolute Gasteiger partial charge is 0.381 e. The molecule has 84 valence electrons. The summed E-state index contributed by atoms with van der Waals surface area (Å²) < 4.78 is 5.36. The van der Waals surface area contributed by atoms with E-state index in [2.05, 4.69) is 0 Å². The van der Waals surface area contributed by atoms with E-state index in [1.54, 1.807) is 4.90 Å². The van der Waals surface area contributed by atoms with Crippen molar-refractivity contribution in [3.05, 3.63) is 0 Å². The van der Waals surface area contributed by atoms with Crippen LogP contribution in [0, 0.1) is 17.2 Å². The molecule has 0 unspecified atom stereocenters. The summed E-state index contributed by atoms with van der Waals surface area (Å²) in [5.74, 6) is 0.403. The second-order valence-electron chi connectivity index (χ2n) is 3.84. The molecule has 0 saturated carbocycles. The minimum atomic E-state index is -0.0429. The number of amides is 1. The Bertz CT molecular complexity index is 247. The molecule has 1 heterocycles. The summed E-state index contributed by atoms with van der Waals surface area (Å²) in [4.78, 5) is 13.3. The van der Waals surface area contributed by atoms with Crippen molar-refractivity contribution in [3.63, 3.8) is 0 Å². The van der Waals surface area contributed by atoms with E-state index in [-0.39, 0.29) is 12.3 Å². The standard InChI is InChI=1S/C11H18N2O2/c1-2-15-9-10-4-3-7-13(8-10)11(14)5-6-12/h10H,2-5,7-9H2,1H3/t10-/m1/s1. The molecule has 1 rings (SSSR count). The number of nitriles is 1. The molecule has 0 radical (unpaired) electrons. The summed E-state index contributed by atoms with van der Waals surface area (Å²) in [5.41, 5.74) is 0. The predicted octanol–water partition coefficient (Wildman–Crippen LogP) is 1.18. The Labute approximate surface area is 90.8 Å². The Hall–Kier alpha value is -1.08. The maximum atomic E-state index is 11.5. The van der Waals surface area contributed by atoms with Crippen LogP contribution in [0.4, 0.5) is 0 Å². The summed E-state index contributed by atoms with van der Waals surface area (Å²) in [5, 5.41) is 8.45. The van der Waals surface area contributed by atoms with Crippen LogP contribution in [0.5, 0.6) is 0 Å². The highest BCUT2D eigenvalue weighted by atomic mass is 16.5. The van der Waals surface area contributed by atoms with Crippen molar-refractivity contribution in [2.75, 3.05) is 26.3 Å². The summed E-state index contributed by atoms with van der Waals surface area (Å²) in [6.45, 7) is 4.97. The van der Waals surface area contributed by atoms with Crippen molar-refractivity contribution in [2.45, 2.75) is 26.2 Å². The molecular weight excluding hydrogens is 192 g/mol. The van der Waals surface area contributed by atoms with Gasteiger partial charge in [0.1, 0.15) is 6.42 Å². The van der Waals surface area contributed by atoms with Gasteiger partial charge < -0.3 is 9.64 Å². The first-order valence-corrected chi connectivity index (χ1v) is 5.50. The lowest BCUT2D eigenvalue weighted by Gasteiger charge is -2.32. The zero-order chi connectivity index (χ0) is 11.1. The van der Waals surface area contributed by atoms with Crippen molar-refractivity contribution in [1.82, 2.24) is 4.90 Å². The zero-order valence-electron chi connectivity index (χ0n) is 9.24. The number of carbonyl (C=O) groups excluding carboxylic acids is 1. The van der Waals surface area contributed by atoms with Gasteiger partial charge in [-0.2, -0.15) is 5.26 Å². The minimum Gasteiger partial charge on any atom is -0.381 e. The van der Waals surface area contributed by atoms with Crippen LogP contribution in [-0.2, 0) is 9.53 Å². The van der Waals surface area contributed by atoms with Crippen LogP contribution in [0.3, 0.4) is 0 Å². The van der Waals surface area contributed by atoms with E-state index in [0.29, 0.717) is 5.92 Å². The Balaban J connectivity index is 2.35. The van der Waals surface area contributed by atoms with E-state index in [1.807, 2.05) is 13.0 Å². The van der Waals surface area contributed by atoms with E-state index in [1.165, 1.54) is 0 Å². The molecule has 1 aliphatic heterocycles. The molecule has 0 aromatic rings. The number of nitrogens with zero attached hydrogens (tertiary/aromatic N) is 2. The SMILES string of the molecule is CCOC[C@@H]1CCCN(C(=O)CC#N)C1. The van der Waals surface area contributed by atoms with Gasteiger partial charge in [0.2, 0.25) is 5.91 Å². The van der Waals surface area contributed by atoms with Gasteiger partial charge in [-0.1, -0.05) is 0 Å². The van der Waals surface area contributed by atoms with Gasteiger partial charge in [0.25, 0.3) is 0 Å². The van der Waals surface area contributed by atoms with Crippen LogP contribution < -0.4 is 0 Å². The van der Waals surface area contributed by atoms with Crippen molar-refractivity contribution in [1.29, 1.82) is 5.26 Å². The Kier molecular flexibility index (Phi) is 5.13. The molecule has 0 spiro atoms. The maximum absolute atomic E-state index is 11.5. The third kappa shape index (κ3) is 3.88. The van der Waals surface area contributed by atoms with Crippen LogP contribution >= 0.6 is 0 Å². The maximum Gasteiger partial charge on any atom is 0.236 e. The number of piperidine rings is 1. The lowest BCUT2D eigenvalue weighted by molar-refractivity contribution is -0.132. The first-order chi connectivity index (χ1) is 7.27. The zero-order valence-corrected chi connectivity index (χ0v) is 9.24. The third-order valence-corrected chi connectivity index (χ3v) is 2.66. The smallest absolute Gasteiger partial charge is 0.236 e. The predicted molar refractivity (Wildman–Crippen MR) is 56.0 cm³/mol. The van der Waals surface area contributed by atoms with Gasteiger partial charge in [-0.05, 0) is 25.7 Å². The number of hydrogen-bond donors (Lipinski definition) is 0. The van der Waals surface area contributed by atoms with Gasteiger partial charge >= 0.3 is 0 Å². The first kappa shape index (κ1) is 12.0. The molecule has 0 bridgehead atoms. The fourth-order valence-electron chi connectivity index (χ4n) is 1.89. The van der Waals surface area contributed by atoms with Crippen molar-refractivity contribution >= 4 is 5.91 Å². The first-order valence-electron chi connectivity index (χ1n) is 5.50. The van der Waals surface area contributed by atoms with Crippen LogP contribution in [0.2, 0.25) is 0 Å². The summed E-state index contributed by atoms with van der Waals surface area (Å²) in [7, 11) is 0. The highest BCUT2D eigenvalue weighted by molar-refractivity contribution is 5.78. The Morgan fingerprint density at radius 1 is 1.67 bits per heavy atom. The van der Waals surface area contributed by atoms with Crippen LogP contribution in [0.1, 0.15) is 26.2 Å². The number of carbonyl (C=O) groups is 1. The molecule has 1 fully saturated rings. The topological polar surface area (TPSA) is 53.3 Å². The number of likely N-dealkylation sites (tertiary alicyclic amines) is 1. The van der Waals surface area contributed by atoms with Gasteiger partial charge in [-0.25, -0.2) is 0 Å². The van der Waals surface area contributed by atoms with E-state index >= 15 is 0 Å². The molecule has 0 aromatic heterocycles. The molecular formula is C11H18N2O2. The minimum absolute atomic E-state index is 0.00134. The molecule has 1 amide bonds. The Morgan fingerprint density at radius 3 is 3.13 bits per heavy atom. The molecule has 0 aromatic carbocycles. The van der Waals surface area contributed by atoms with Crippen molar-refractivity contribution in [2.24, 2.45) is 5.92 Å². The average Bonchev–Trinajstić information content (AvgIpc) is 2.27. The van der Waals surface area contributed by atoms with Crippen molar-refractivity contribution < 1.29 is 9.53 Å². The Morgan fingerprint density at radius 2 is 2.47 bits per heavy atom. The molecule has 0 aliphatic carbocycles.